The molecule has 0 heterocycles. The Bertz CT molecular complexity index is 271. The lowest BCUT2D eigenvalue weighted by molar-refractivity contribution is 0.0573. The molecule has 1 rings (SSSR count). The van der Waals surface area contributed by atoms with E-state index in [1.165, 1.54) is 0 Å². The molecule has 0 N–H and O–H groups in total. The predicted octanol–water partition coefficient (Wildman–Crippen LogP) is 1.57. The molecule has 2 nitrogen and oxygen atoms in total. The van der Waals surface area contributed by atoms with Gasteiger partial charge in [-0.25, -0.2) is 4.79 Å². The van der Waals surface area contributed by atoms with E-state index >= 15 is 0 Å². The van der Waals surface area contributed by atoms with Crippen LogP contribution < -0.4 is 0 Å². The minimum Gasteiger partial charge on any atom is -0.467 e. The number of carbonyl (C=O) groups is 1. The third kappa shape index (κ3) is 2.60. The number of hydrogen-bond acceptors (Lipinski definition) is 2. The maximum absolute atomic E-state index is 11.1. The molecule has 0 unspecified atom stereocenters. The molecule has 0 saturated heterocycles. The van der Waals surface area contributed by atoms with E-state index in [1.807, 2.05) is 12.1 Å². The van der Waals surface area contributed by atoms with Crippen LogP contribution in [0.4, 0.5) is 0 Å². The van der Waals surface area contributed by atoms with Crippen molar-refractivity contribution in [2.24, 2.45) is 0 Å². The molecule has 61 valence electrons. The maximum Gasteiger partial charge on any atom is 0.337 e. The van der Waals surface area contributed by atoms with Crippen LogP contribution in [0.5, 0.6) is 0 Å². The molecule has 0 amide bonds. The van der Waals surface area contributed by atoms with Crippen LogP contribution >= 0.6 is 22.6 Å². The molecular weight excluding hydrogens is 283 g/mol. The molecule has 0 aliphatic heterocycles. The van der Waals surface area contributed by atoms with Gasteiger partial charge in [-0.3, -0.25) is 0 Å². The van der Waals surface area contributed by atoms with E-state index in [9.17, 15) is 4.79 Å². The van der Waals surface area contributed by atoms with Crippen molar-refractivity contribution in [3.63, 3.8) is 0 Å². The average Bonchev–Trinajstić information content (AvgIpc) is 2.06. The number of hydrogen-bond donors (Lipinski definition) is 0. The highest BCUT2D eigenvalue weighted by Gasteiger charge is 2.03. The summed E-state index contributed by atoms with van der Waals surface area (Å²) in [6.07, 6.45) is 0.227. The fourth-order valence-electron chi connectivity index (χ4n) is 0.735. The standard InChI is InChI=1S/C8H6IO2Si/c9-7-3-1-6(2-4-7)8(10)11-5-12/h1-4H,5H2. The Balaban J connectivity index is 2.75. The summed E-state index contributed by atoms with van der Waals surface area (Å²) in [5, 5.41) is 0. The monoisotopic (exact) mass is 289 g/mol. The van der Waals surface area contributed by atoms with Crippen molar-refractivity contribution in [3.8, 4) is 0 Å². The highest BCUT2D eigenvalue weighted by atomic mass is 127. The van der Waals surface area contributed by atoms with Gasteiger partial charge in [0.2, 0.25) is 0 Å². The molecule has 4 heteroatoms. The highest BCUT2D eigenvalue weighted by Crippen LogP contribution is 2.07. The third-order valence-electron chi connectivity index (χ3n) is 1.28. The van der Waals surface area contributed by atoms with Gasteiger partial charge >= 0.3 is 5.97 Å². The van der Waals surface area contributed by atoms with Crippen molar-refractivity contribution < 1.29 is 9.53 Å². The van der Waals surface area contributed by atoms with Gasteiger partial charge in [-0.05, 0) is 46.9 Å². The van der Waals surface area contributed by atoms with Crippen molar-refractivity contribution in [1.29, 1.82) is 0 Å². The van der Waals surface area contributed by atoms with E-state index in [2.05, 4.69) is 32.8 Å². The predicted molar refractivity (Wildman–Crippen MR) is 55.2 cm³/mol. The number of carbonyl (C=O) groups excluding carboxylic acids is 1. The van der Waals surface area contributed by atoms with Crippen LogP contribution in [0.25, 0.3) is 0 Å². The van der Waals surface area contributed by atoms with Gasteiger partial charge in [0.25, 0.3) is 0 Å². The second kappa shape index (κ2) is 4.61. The molecule has 0 aliphatic rings. The van der Waals surface area contributed by atoms with Gasteiger partial charge in [0.05, 0.1) is 22.0 Å². The highest BCUT2D eigenvalue weighted by molar-refractivity contribution is 14.1. The molecular formula is C8H6IO2Si. The lowest BCUT2D eigenvalue weighted by atomic mass is 10.2. The zero-order valence-electron chi connectivity index (χ0n) is 6.21. The van der Waals surface area contributed by atoms with Crippen LogP contribution in [0.2, 0.25) is 0 Å². The molecule has 1 aromatic carbocycles. The molecule has 0 bridgehead atoms. The van der Waals surface area contributed by atoms with E-state index in [1.54, 1.807) is 12.1 Å². The summed E-state index contributed by atoms with van der Waals surface area (Å²) in [6, 6.07) is 7.22. The van der Waals surface area contributed by atoms with Crippen molar-refractivity contribution in [1.82, 2.24) is 0 Å². The van der Waals surface area contributed by atoms with Gasteiger partial charge in [0.1, 0.15) is 0 Å². The van der Waals surface area contributed by atoms with Crippen molar-refractivity contribution in [2.75, 3.05) is 6.23 Å². The Labute approximate surface area is 87.9 Å². The average molecular weight is 289 g/mol. The van der Waals surface area contributed by atoms with Gasteiger partial charge in [-0.15, -0.1) is 0 Å². The SMILES string of the molecule is O=C(OC[Si])c1ccc(I)cc1. The number of benzene rings is 1. The van der Waals surface area contributed by atoms with Gasteiger partial charge in [0.15, 0.2) is 0 Å². The summed E-state index contributed by atoms with van der Waals surface area (Å²) in [5.74, 6) is -0.304. The summed E-state index contributed by atoms with van der Waals surface area (Å²) < 4.78 is 5.84. The second-order valence-corrected chi connectivity index (χ2v) is 3.62. The fourth-order valence-corrected chi connectivity index (χ4v) is 1.23. The summed E-state index contributed by atoms with van der Waals surface area (Å²) in [7, 11) is 3.06. The Morgan fingerprint density at radius 1 is 1.42 bits per heavy atom. The quantitative estimate of drug-likeness (QED) is 0.469. The van der Waals surface area contributed by atoms with Crippen LogP contribution in [0.1, 0.15) is 10.4 Å². The van der Waals surface area contributed by atoms with Crippen LogP contribution in [-0.2, 0) is 4.74 Å². The van der Waals surface area contributed by atoms with Gasteiger partial charge in [-0.1, -0.05) is 0 Å². The Hall–Kier alpha value is -0.363. The zero-order valence-corrected chi connectivity index (χ0v) is 9.37. The first-order valence-corrected chi connectivity index (χ1v) is 5.10. The molecule has 0 saturated carbocycles. The maximum atomic E-state index is 11.1. The minimum absolute atomic E-state index is 0.227. The van der Waals surface area contributed by atoms with Crippen LogP contribution in [0.3, 0.4) is 0 Å². The summed E-state index contributed by atoms with van der Waals surface area (Å²) in [4.78, 5) is 11.1. The lowest BCUT2D eigenvalue weighted by Gasteiger charge is -2.00. The molecule has 0 aliphatic carbocycles. The summed E-state index contributed by atoms with van der Waals surface area (Å²) in [5.41, 5.74) is 0.577. The first-order chi connectivity index (χ1) is 5.74. The zero-order chi connectivity index (χ0) is 8.97. The van der Waals surface area contributed by atoms with E-state index in [0.717, 1.165) is 3.57 Å². The number of ether oxygens (including phenoxy) is 1. The van der Waals surface area contributed by atoms with E-state index in [0.29, 0.717) is 5.56 Å². The molecule has 12 heavy (non-hydrogen) atoms. The van der Waals surface area contributed by atoms with E-state index in [4.69, 9.17) is 4.74 Å². The largest absolute Gasteiger partial charge is 0.467 e. The molecule has 0 spiro atoms. The van der Waals surface area contributed by atoms with Crippen LogP contribution in [0, 0.1) is 3.57 Å². The molecule has 0 fully saturated rings. The topological polar surface area (TPSA) is 26.3 Å². The fraction of sp³-hybridized carbons (Fsp3) is 0.125. The van der Waals surface area contributed by atoms with Crippen molar-refractivity contribution in [3.05, 3.63) is 33.4 Å². The first kappa shape index (κ1) is 9.72. The van der Waals surface area contributed by atoms with Gasteiger partial charge < -0.3 is 4.74 Å². The Kier molecular flexibility index (Phi) is 3.74. The third-order valence-corrected chi connectivity index (χ3v) is 2.15. The minimum atomic E-state index is -0.304. The van der Waals surface area contributed by atoms with E-state index < -0.39 is 0 Å². The normalized spacial score (nSPS) is 9.50. The molecule has 0 atom stereocenters. The number of rotatable bonds is 2. The molecule has 3 radical (unpaired) electrons. The number of halogens is 1. The van der Waals surface area contributed by atoms with E-state index in [-0.39, 0.29) is 12.2 Å². The first-order valence-electron chi connectivity index (χ1n) is 3.31. The van der Waals surface area contributed by atoms with Crippen LogP contribution in [0.15, 0.2) is 24.3 Å². The Morgan fingerprint density at radius 2 is 2.00 bits per heavy atom. The van der Waals surface area contributed by atoms with Gasteiger partial charge in [-0.2, -0.15) is 0 Å². The van der Waals surface area contributed by atoms with Crippen molar-refractivity contribution in [2.45, 2.75) is 0 Å². The molecule has 1 aromatic rings. The van der Waals surface area contributed by atoms with Crippen molar-refractivity contribution >= 4 is 38.8 Å². The lowest BCUT2D eigenvalue weighted by Crippen LogP contribution is -2.05. The van der Waals surface area contributed by atoms with Crippen LogP contribution in [-0.4, -0.2) is 22.4 Å². The molecule has 0 aromatic heterocycles. The van der Waals surface area contributed by atoms with Gasteiger partial charge in [0, 0.05) is 3.57 Å². The summed E-state index contributed by atoms with van der Waals surface area (Å²) >= 11 is 2.18. The summed E-state index contributed by atoms with van der Waals surface area (Å²) in [6.45, 7) is 0. The Morgan fingerprint density at radius 3 is 2.50 bits per heavy atom. The number of esters is 1. The second-order valence-electron chi connectivity index (χ2n) is 2.08. The smallest absolute Gasteiger partial charge is 0.337 e.